The van der Waals surface area contributed by atoms with Crippen molar-refractivity contribution in [3.63, 3.8) is 0 Å². The summed E-state index contributed by atoms with van der Waals surface area (Å²) in [6.07, 6.45) is 5.67. The molecule has 4 aromatic heterocycles. The molecule has 0 aliphatic rings. The third kappa shape index (κ3) is 9.39. The van der Waals surface area contributed by atoms with Crippen LogP contribution in [0, 0.1) is 0 Å². The minimum Gasteiger partial charge on any atom is -0.309 e. The average molecular weight is 1190 g/mol. The van der Waals surface area contributed by atoms with E-state index in [9.17, 15) is 0 Å². The van der Waals surface area contributed by atoms with Crippen LogP contribution in [0.3, 0.4) is 0 Å². The number of nitrogens with zero attached hydrogens (tertiary/aromatic N) is 6. The van der Waals surface area contributed by atoms with Crippen LogP contribution in [0.1, 0.15) is 5.56 Å². The molecule has 0 fully saturated rings. The molecule has 93 heavy (non-hydrogen) atoms. The summed E-state index contributed by atoms with van der Waals surface area (Å²) < 4.78 is 7.43. The van der Waals surface area contributed by atoms with Crippen LogP contribution in [0.15, 0.2) is 341 Å². The first kappa shape index (κ1) is 54.6. The van der Waals surface area contributed by atoms with Gasteiger partial charge >= 0.3 is 0 Å². The fourth-order valence-electron chi connectivity index (χ4n) is 14.0. The van der Waals surface area contributed by atoms with Crippen LogP contribution in [-0.4, -0.2) is 28.7 Å². The van der Waals surface area contributed by atoms with Gasteiger partial charge in [-0.3, -0.25) is 0 Å². The van der Waals surface area contributed by atoms with Gasteiger partial charge in [0.2, 0.25) is 0 Å². The highest BCUT2D eigenvalue weighted by Gasteiger charge is 2.27. The molecule has 0 amide bonds. The predicted octanol–water partition coefficient (Wildman–Crippen LogP) is 22.6. The molecule has 0 atom stereocenters. The molecule has 0 saturated carbocycles. The van der Waals surface area contributed by atoms with Crippen molar-refractivity contribution in [3.05, 3.63) is 346 Å². The van der Waals surface area contributed by atoms with E-state index < -0.39 is 0 Å². The monoisotopic (exact) mass is 1190 g/mol. The summed E-state index contributed by atoms with van der Waals surface area (Å²) in [5, 5.41) is 7.10. The molecule has 13 aromatic carbocycles. The molecule has 0 saturated heterocycles. The van der Waals surface area contributed by atoms with Crippen LogP contribution < -0.4 is 0 Å². The van der Waals surface area contributed by atoms with E-state index in [1.54, 1.807) is 6.08 Å². The molecule has 6 nitrogen and oxygen atoms in total. The lowest BCUT2D eigenvalue weighted by atomic mass is 9.92. The first-order valence-electron chi connectivity index (χ1n) is 31.5. The second-order valence-electron chi connectivity index (χ2n) is 23.6. The van der Waals surface area contributed by atoms with Gasteiger partial charge in [-0.25, -0.2) is 15.0 Å². The van der Waals surface area contributed by atoms with Crippen molar-refractivity contribution < 1.29 is 0 Å². The van der Waals surface area contributed by atoms with Crippen LogP contribution in [0.2, 0.25) is 0 Å². The summed E-state index contributed by atoms with van der Waals surface area (Å²) in [5.41, 5.74) is 22.7. The average Bonchev–Trinajstić information content (AvgIpc) is 1.57. The van der Waals surface area contributed by atoms with Gasteiger partial charge in [-0.2, -0.15) is 0 Å². The Bertz CT molecular complexity index is 5650. The van der Waals surface area contributed by atoms with Gasteiger partial charge in [-0.05, 0) is 123 Å². The normalized spacial score (nSPS) is 11.8. The summed E-state index contributed by atoms with van der Waals surface area (Å²) in [6, 6.07) is 111. The maximum absolute atomic E-state index is 5.61. The lowest BCUT2D eigenvalue weighted by Crippen LogP contribution is -2.05. The molecule has 0 spiro atoms. The Kier molecular flexibility index (Phi) is 13.4. The number of rotatable bonds is 13. The Morgan fingerprint density at radius 2 is 0.710 bits per heavy atom. The highest BCUT2D eigenvalue weighted by atomic mass is 15.1. The van der Waals surface area contributed by atoms with Gasteiger partial charge in [-0.15, -0.1) is 0 Å². The third-order valence-corrected chi connectivity index (χ3v) is 18.2. The largest absolute Gasteiger partial charge is 0.309 e. The highest BCUT2D eigenvalue weighted by molar-refractivity contribution is 6.18. The van der Waals surface area contributed by atoms with Gasteiger partial charge < -0.3 is 13.7 Å². The second kappa shape index (κ2) is 22.8. The van der Waals surface area contributed by atoms with Gasteiger partial charge in [0, 0.05) is 65.8 Å². The highest BCUT2D eigenvalue weighted by Crippen LogP contribution is 2.47. The minimum absolute atomic E-state index is 0.532. The van der Waals surface area contributed by atoms with E-state index in [-0.39, 0.29) is 0 Å². The zero-order valence-electron chi connectivity index (χ0n) is 50.8. The lowest BCUT2D eigenvalue weighted by molar-refractivity contribution is 1.07. The molecule has 0 unspecified atom stereocenters. The molecular formula is C87H58N6. The topological polar surface area (TPSA) is 53.5 Å². The molecule has 17 rings (SSSR count). The third-order valence-electron chi connectivity index (χ3n) is 18.2. The fraction of sp³-hybridized carbons (Fsp3) is 0. The maximum atomic E-state index is 5.61. The summed E-state index contributed by atoms with van der Waals surface area (Å²) in [6.45, 7) is 8.31. The van der Waals surface area contributed by atoms with Crippen molar-refractivity contribution in [1.29, 1.82) is 0 Å². The number of allylic oxidation sites excluding steroid dienone is 4. The van der Waals surface area contributed by atoms with Crippen molar-refractivity contribution in [1.82, 2.24) is 28.7 Å². The molecule has 17 aromatic rings. The number of hydrogen-bond acceptors (Lipinski definition) is 3. The molecule has 6 heteroatoms. The quantitative estimate of drug-likeness (QED) is 0.108. The van der Waals surface area contributed by atoms with Crippen molar-refractivity contribution >= 4 is 71.0 Å². The van der Waals surface area contributed by atoms with Crippen LogP contribution in [-0.2, 0) is 0 Å². The van der Waals surface area contributed by atoms with E-state index in [2.05, 4.69) is 324 Å². The maximum Gasteiger partial charge on any atom is 0.164 e. The van der Waals surface area contributed by atoms with Gasteiger partial charge in [0.25, 0.3) is 0 Å². The second-order valence-corrected chi connectivity index (χ2v) is 23.6. The predicted molar refractivity (Wildman–Crippen MR) is 389 cm³/mol. The minimum atomic E-state index is 0.532. The zero-order valence-corrected chi connectivity index (χ0v) is 50.8. The van der Waals surface area contributed by atoms with Gasteiger partial charge in [0.05, 0.1) is 44.5 Å². The van der Waals surface area contributed by atoms with Crippen LogP contribution in [0.4, 0.5) is 0 Å². The number of benzene rings is 13. The number of para-hydroxylation sites is 4. The Morgan fingerprint density at radius 1 is 0.290 bits per heavy atom. The van der Waals surface area contributed by atoms with E-state index in [1.807, 2.05) is 24.3 Å². The van der Waals surface area contributed by atoms with Gasteiger partial charge in [0.15, 0.2) is 17.5 Å². The lowest BCUT2D eigenvalue weighted by Gasteiger charge is -2.21. The number of fused-ring (bicyclic) bond motifs is 9. The van der Waals surface area contributed by atoms with E-state index in [4.69, 9.17) is 15.0 Å². The summed E-state index contributed by atoms with van der Waals surface area (Å²) >= 11 is 0. The molecule has 0 bridgehead atoms. The first-order valence-corrected chi connectivity index (χ1v) is 31.5. The van der Waals surface area contributed by atoms with E-state index in [0.29, 0.717) is 17.5 Å². The van der Waals surface area contributed by atoms with Crippen LogP contribution in [0.25, 0.3) is 167 Å². The molecule has 436 valence electrons. The molecule has 4 heterocycles. The fourth-order valence-corrected chi connectivity index (χ4v) is 14.0. The molecule has 0 aliphatic heterocycles. The first-order chi connectivity index (χ1) is 46.0. The summed E-state index contributed by atoms with van der Waals surface area (Å²) in [4.78, 5) is 16.6. The van der Waals surface area contributed by atoms with E-state index in [0.717, 1.165) is 133 Å². The van der Waals surface area contributed by atoms with Crippen molar-refractivity contribution in [2.45, 2.75) is 0 Å². The van der Waals surface area contributed by atoms with Crippen molar-refractivity contribution in [2.75, 3.05) is 0 Å². The molecular weight excluding hydrogens is 1130 g/mol. The molecule has 0 N–H and O–H groups in total. The SMILES string of the molecule is C=C/C=C(\C=C)c1cc(-c2ccccc2)cc(-c2nc(-c3ccc(-c4ccccc4)cc3)nc(-c3cc(-c4ccccc4)c(-n4c5cc(-n6c7ccccc7c7ccccc76)ccc5c5c(-n6c7ccccc7c7ccccc76)cccc54)c(-c4ccccc4)c3)n2)c1. The van der Waals surface area contributed by atoms with Crippen LogP contribution in [0.5, 0.6) is 0 Å². The molecule has 0 radical (unpaired) electrons. The zero-order chi connectivity index (χ0) is 61.9. The van der Waals surface area contributed by atoms with E-state index >= 15 is 0 Å². The molecule has 0 aliphatic carbocycles. The van der Waals surface area contributed by atoms with Crippen molar-refractivity contribution in [3.8, 4) is 95.7 Å². The smallest absolute Gasteiger partial charge is 0.164 e. The number of hydrogen-bond donors (Lipinski definition) is 0. The Morgan fingerprint density at radius 3 is 1.23 bits per heavy atom. The summed E-state index contributed by atoms with van der Waals surface area (Å²) in [7, 11) is 0. The summed E-state index contributed by atoms with van der Waals surface area (Å²) in [5.74, 6) is 1.62. The number of aromatic nitrogens is 6. The standard InChI is InChI=1S/C87H58N6/c1-3-26-57(4-2)64-51-65(59-29-11-6-12-30-59)53-66(52-64)86-88-85(63-47-45-60(46-48-63)58-27-9-5-10-28-58)89-87(90-86)67-54-74(61-31-13-7-14-32-61)84(75(55-67)62-33-15-8-16-34-62)93-81-44-25-43-80(92-78-41-23-19-37-71(78)72-38-20-24-42-79(72)92)83(81)73-50-49-68(56-82(73)93)91-76-39-21-17-35-69(76)70-36-18-22-40-77(70)91/h3-56H,1-2H2/b57-26+. The van der Waals surface area contributed by atoms with E-state index in [1.165, 1.54) is 21.5 Å². The van der Waals surface area contributed by atoms with Gasteiger partial charge in [-0.1, -0.05) is 262 Å². The Hall–Kier alpha value is -12.5. The Balaban J connectivity index is 0.978. The Labute approximate surface area is 538 Å². The van der Waals surface area contributed by atoms with Crippen LogP contribution >= 0.6 is 0 Å². The van der Waals surface area contributed by atoms with Crippen molar-refractivity contribution in [2.24, 2.45) is 0 Å². The van der Waals surface area contributed by atoms with Gasteiger partial charge in [0.1, 0.15) is 0 Å².